The normalized spacial score (nSPS) is 12.9. The maximum absolute atomic E-state index is 12.5. The van der Waals surface area contributed by atoms with Crippen molar-refractivity contribution in [3.8, 4) is 11.8 Å². The Hall–Kier alpha value is -1.39. The van der Waals surface area contributed by atoms with E-state index in [-0.39, 0.29) is 18.0 Å². The van der Waals surface area contributed by atoms with Gasteiger partial charge in [-0.15, -0.1) is 0 Å². The number of hydrogen-bond acceptors (Lipinski definition) is 4. The first-order valence-corrected chi connectivity index (χ1v) is 7.67. The van der Waals surface area contributed by atoms with E-state index in [0.29, 0.717) is 5.56 Å². The van der Waals surface area contributed by atoms with E-state index in [2.05, 4.69) is 11.8 Å². The zero-order valence-electron chi connectivity index (χ0n) is 11.9. The zero-order chi connectivity index (χ0) is 15.3. The van der Waals surface area contributed by atoms with Crippen LogP contribution in [0, 0.1) is 18.8 Å². The fraction of sp³-hybridized carbons (Fsp3) is 0.429. The molecule has 0 saturated carbocycles. The molecule has 6 heteroatoms. The molecule has 1 atom stereocenters. The van der Waals surface area contributed by atoms with Crippen LogP contribution < -0.4 is 5.73 Å². The summed E-state index contributed by atoms with van der Waals surface area (Å²) < 4.78 is 26.1. The van der Waals surface area contributed by atoms with Crippen LogP contribution in [0.15, 0.2) is 23.1 Å². The smallest absolute Gasteiger partial charge is 0.244 e. The maximum Gasteiger partial charge on any atom is 0.244 e. The van der Waals surface area contributed by atoms with Crippen molar-refractivity contribution >= 4 is 10.0 Å². The molecule has 5 nitrogen and oxygen atoms in total. The summed E-state index contributed by atoms with van der Waals surface area (Å²) in [6, 6.07) is 4.96. The average molecular weight is 296 g/mol. The van der Waals surface area contributed by atoms with Gasteiger partial charge in [0.15, 0.2) is 0 Å². The number of aryl methyl sites for hydroxylation is 1. The molecule has 1 unspecified atom stereocenters. The fourth-order valence-electron chi connectivity index (χ4n) is 1.75. The van der Waals surface area contributed by atoms with E-state index >= 15 is 0 Å². The Labute approximate surface area is 120 Å². The van der Waals surface area contributed by atoms with Crippen molar-refractivity contribution in [1.82, 2.24) is 4.31 Å². The Bertz CT molecular complexity index is 628. The molecule has 0 aromatic heterocycles. The molecule has 0 fully saturated rings. The van der Waals surface area contributed by atoms with Crippen molar-refractivity contribution < 1.29 is 13.5 Å². The van der Waals surface area contributed by atoms with E-state index in [0.717, 1.165) is 9.87 Å². The molecular formula is C14H20N2O3S. The van der Waals surface area contributed by atoms with Crippen LogP contribution in [-0.4, -0.2) is 44.1 Å². The third-order valence-corrected chi connectivity index (χ3v) is 4.55. The van der Waals surface area contributed by atoms with Gasteiger partial charge < -0.3 is 10.8 Å². The van der Waals surface area contributed by atoms with E-state index in [1.807, 2.05) is 6.92 Å². The van der Waals surface area contributed by atoms with Crippen molar-refractivity contribution in [3.05, 3.63) is 29.3 Å². The van der Waals surface area contributed by atoms with Gasteiger partial charge in [-0.05, 0) is 31.5 Å². The molecule has 0 heterocycles. The minimum absolute atomic E-state index is 0.0277. The maximum atomic E-state index is 12.5. The molecule has 0 aliphatic heterocycles. The predicted molar refractivity (Wildman–Crippen MR) is 78.6 cm³/mol. The molecule has 0 bridgehead atoms. The molecule has 0 radical (unpaired) electrons. The summed E-state index contributed by atoms with van der Waals surface area (Å²) >= 11 is 0. The number of sulfonamides is 1. The highest BCUT2D eigenvalue weighted by Crippen LogP contribution is 2.20. The molecule has 0 amide bonds. The van der Waals surface area contributed by atoms with Crippen LogP contribution in [0.25, 0.3) is 0 Å². The Morgan fingerprint density at radius 1 is 1.45 bits per heavy atom. The van der Waals surface area contributed by atoms with Crippen molar-refractivity contribution in [3.63, 3.8) is 0 Å². The first kappa shape index (κ1) is 16.7. The number of aliphatic hydroxyl groups excluding tert-OH is 1. The highest BCUT2D eigenvalue weighted by atomic mass is 32.2. The van der Waals surface area contributed by atoms with E-state index in [1.54, 1.807) is 12.1 Å². The minimum Gasteiger partial charge on any atom is -0.392 e. The van der Waals surface area contributed by atoms with Gasteiger partial charge >= 0.3 is 0 Å². The molecule has 3 N–H and O–H groups in total. The molecule has 110 valence electrons. The van der Waals surface area contributed by atoms with E-state index < -0.39 is 16.1 Å². The second-order valence-electron chi connectivity index (χ2n) is 4.64. The Balaban J connectivity index is 3.31. The summed E-state index contributed by atoms with van der Waals surface area (Å²) in [4.78, 5) is 0.132. The van der Waals surface area contributed by atoms with Gasteiger partial charge in [-0.25, -0.2) is 8.42 Å². The number of nitrogens with two attached hydrogens (primary N) is 1. The number of rotatable bonds is 4. The summed E-state index contributed by atoms with van der Waals surface area (Å²) in [6.45, 7) is 3.59. The van der Waals surface area contributed by atoms with Crippen LogP contribution in [-0.2, 0) is 10.0 Å². The van der Waals surface area contributed by atoms with Crippen molar-refractivity contribution in [2.24, 2.45) is 5.73 Å². The second-order valence-corrected chi connectivity index (χ2v) is 6.65. The SMILES string of the molecule is Cc1ccc(S(=O)(=O)N(C)CC(C)O)c(C#CCN)c1. The Morgan fingerprint density at radius 2 is 2.10 bits per heavy atom. The highest BCUT2D eigenvalue weighted by molar-refractivity contribution is 7.89. The molecular weight excluding hydrogens is 276 g/mol. The summed E-state index contributed by atoms with van der Waals surface area (Å²) in [5.41, 5.74) is 6.68. The number of aliphatic hydroxyl groups is 1. The molecule has 1 rings (SSSR count). The number of nitrogens with zero attached hydrogens (tertiary/aromatic N) is 1. The van der Waals surface area contributed by atoms with Gasteiger partial charge in [0.2, 0.25) is 10.0 Å². The highest BCUT2D eigenvalue weighted by Gasteiger charge is 2.24. The number of hydrogen-bond donors (Lipinski definition) is 2. The van der Waals surface area contributed by atoms with Gasteiger partial charge in [-0.1, -0.05) is 17.9 Å². The molecule has 1 aromatic rings. The number of benzene rings is 1. The average Bonchev–Trinajstić information content (AvgIpc) is 2.35. The quantitative estimate of drug-likeness (QED) is 0.783. The fourth-order valence-corrected chi connectivity index (χ4v) is 3.13. The van der Waals surface area contributed by atoms with Crippen molar-refractivity contribution in [2.75, 3.05) is 20.1 Å². The molecule has 0 aliphatic carbocycles. The van der Waals surface area contributed by atoms with Gasteiger partial charge in [-0.2, -0.15) is 4.31 Å². The first-order valence-electron chi connectivity index (χ1n) is 6.23. The third kappa shape index (κ3) is 4.05. The molecule has 0 aliphatic rings. The van der Waals surface area contributed by atoms with Gasteiger partial charge in [0.25, 0.3) is 0 Å². The predicted octanol–water partition coefficient (Wildman–Crippen LogP) is 0.307. The molecule has 20 heavy (non-hydrogen) atoms. The Morgan fingerprint density at radius 3 is 2.65 bits per heavy atom. The van der Waals surface area contributed by atoms with Crippen LogP contribution >= 0.6 is 0 Å². The Kier molecular flexibility index (Phi) is 5.72. The van der Waals surface area contributed by atoms with Crippen molar-refractivity contribution in [1.29, 1.82) is 0 Å². The van der Waals surface area contributed by atoms with E-state index in [1.165, 1.54) is 20.0 Å². The van der Waals surface area contributed by atoms with Crippen LogP contribution in [0.3, 0.4) is 0 Å². The lowest BCUT2D eigenvalue weighted by Crippen LogP contribution is -2.33. The lowest BCUT2D eigenvalue weighted by molar-refractivity contribution is 0.171. The topological polar surface area (TPSA) is 83.6 Å². The summed E-state index contributed by atoms with van der Waals surface area (Å²) in [7, 11) is -2.25. The largest absolute Gasteiger partial charge is 0.392 e. The van der Waals surface area contributed by atoms with Gasteiger partial charge in [-0.3, -0.25) is 0 Å². The van der Waals surface area contributed by atoms with Gasteiger partial charge in [0.05, 0.1) is 17.5 Å². The van der Waals surface area contributed by atoms with Crippen LogP contribution in [0.2, 0.25) is 0 Å². The van der Waals surface area contributed by atoms with Gasteiger partial charge in [0.1, 0.15) is 0 Å². The monoisotopic (exact) mass is 296 g/mol. The first-order chi connectivity index (χ1) is 9.28. The van der Waals surface area contributed by atoms with Crippen molar-refractivity contribution in [2.45, 2.75) is 24.8 Å². The van der Waals surface area contributed by atoms with Crippen LogP contribution in [0.4, 0.5) is 0 Å². The molecule has 1 aromatic carbocycles. The summed E-state index contributed by atoms with van der Waals surface area (Å²) in [6.07, 6.45) is -0.737. The summed E-state index contributed by atoms with van der Waals surface area (Å²) in [5, 5.41) is 9.34. The van der Waals surface area contributed by atoms with E-state index in [9.17, 15) is 13.5 Å². The zero-order valence-corrected chi connectivity index (χ0v) is 12.7. The van der Waals surface area contributed by atoms with Crippen LogP contribution in [0.5, 0.6) is 0 Å². The molecule has 0 spiro atoms. The van der Waals surface area contributed by atoms with E-state index in [4.69, 9.17) is 5.73 Å². The standard InChI is InChI=1S/C14H20N2O3S/c1-11-6-7-14(13(9-11)5-4-8-15)20(18,19)16(3)10-12(2)17/h6-7,9,12,17H,8,10,15H2,1-3H3. The number of likely N-dealkylation sites (N-methyl/N-ethyl adjacent to an activating group) is 1. The molecule has 0 saturated heterocycles. The summed E-state index contributed by atoms with van der Waals surface area (Å²) in [5.74, 6) is 5.45. The lowest BCUT2D eigenvalue weighted by Gasteiger charge is -2.19. The van der Waals surface area contributed by atoms with Gasteiger partial charge in [0, 0.05) is 19.2 Å². The minimum atomic E-state index is -3.68. The van der Waals surface area contributed by atoms with Crippen LogP contribution in [0.1, 0.15) is 18.1 Å². The third-order valence-electron chi connectivity index (χ3n) is 2.67. The second kappa shape index (κ2) is 6.86. The lowest BCUT2D eigenvalue weighted by atomic mass is 10.1.